The van der Waals surface area contributed by atoms with E-state index in [4.69, 9.17) is 5.11 Å². The van der Waals surface area contributed by atoms with Crippen molar-refractivity contribution in [3.05, 3.63) is 35.4 Å². The standard InChI is InChI=1S/C18H25NO3/c1-11(2)15-9-4-12(3)10-16(15)19-17(20)13-5-7-14(8-6-13)18(21)22/h5-8,11-12,15-16H,4,9-10H2,1-3H3,(H,19,20)(H,21,22). The maximum absolute atomic E-state index is 12.4. The number of hydrogen-bond donors (Lipinski definition) is 2. The molecule has 1 aliphatic rings. The highest BCUT2D eigenvalue weighted by Gasteiger charge is 2.31. The summed E-state index contributed by atoms with van der Waals surface area (Å²) < 4.78 is 0. The van der Waals surface area contributed by atoms with Gasteiger partial charge in [0.25, 0.3) is 5.91 Å². The second-order valence-electron chi connectivity index (χ2n) is 6.79. The van der Waals surface area contributed by atoms with Crippen molar-refractivity contribution < 1.29 is 14.7 Å². The Morgan fingerprint density at radius 1 is 1.14 bits per heavy atom. The third-order valence-electron chi connectivity index (χ3n) is 4.73. The van der Waals surface area contributed by atoms with E-state index in [1.165, 1.54) is 18.6 Å². The monoisotopic (exact) mass is 303 g/mol. The lowest BCUT2D eigenvalue weighted by molar-refractivity contribution is 0.0695. The van der Waals surface area contributed by atoms with Crippen molar-refractivity contribution in [2.24, 2.45) is 17.8 Å². The first-order valence-electron chi connectivity index (χ1n) is 8.02. The molecule has 120 valence electrons. The third kappa shape index (κ3) is 3.87. The van der Waals surface area contributed by atoms with Crippen LogP contribution in [-0.4, -0.2) is 23.0 Å². The molecule has 3 atom stereocenters. The van der Waals surface area contributed by atoms with Gasteiger partial charge in [-0.2, -0.15) is 0 Å². The predicted octanol–water partition coefficient (Wildman–Crippen LogP) is 3.58. The molecule has 3 unspecified atom stereocenters. The van der Waals surface area contributed by atoms with Gasteiger partial charge in [-0.3, -0.25) is 4.79 Å². The molecule has 0 radical (unpaired) electrons. The van der Waals surface area contributed by atoms with Crippen LogP contribution < -0.4 is 5.32 Å². The molecule has 4 heteroatoms. The maximum Gasteiger partial charge on any atom is 0.335 e. The zero-order chi connectivity index (χ0) is 16.3. The van der Waals surface area contributed by atoms with E-state index >= 15 is 0 Å². The largest absolute Gasteiger partial charge is 0.478 e. The number of carboxylic acids is 1. The van der Waals surface area contributed by atoms with Gasteiger partial charge in [0, 0.05) is 11.6 Å². The van der Waals surface area contributed by atoms with Gasteiger partial charge < -0.3 is 10.4 Å². The first kappa shape index (κ1) is 16.5. The summed E-state index contributed by atoms with van der Waals surface area (Å²) in [7, 11) is 0. The van der Waals surface area contributed by atoms with Gasteiger partial charge in [0.05, 0.1) is 5.56 Å². The Bertz CT molecular complexity index is 536. The van der Waals surface area contributed by atoms with Crippen LogP contribution in [0.25, 0.3) is 0 Å². The highest BCUT2D eigenvalue weighted by Crippen LogP contribution is 2.33. The molecule has 0 aliphatic heterocycles. The number of carboxylic acid groups (broad SMARTS) is 1. The fourth-order valence-electron chi connectivity index (χ4n) is 3.38. The average molecular weight is 303 g/mol. The predicted molar refractivity (Wildman–Crippen MR) is 86.0 cm³/mol. The van der Waals surface area contributed by atoms with Crippen LogP contribution in [0.5, 0.6) is 0 Å². The molecular formula is C18H25NO3. The van der Waals surface area contributed by atoms with Crippen LogP contribution in [0.1, 0.15) is 60.7 Å². The minimum absolute atomic E-state index is 0.110. The molecule has 1 aliphatic carbocycles. The zero-order valence-corrected chi connectivity index (χ0v) is 13.5. The van der Waals surface area contributed by atoms with Crippen LogP contribution in [0.2, 0.25) is 0 Å². The molecule has 0 heterocycles. The summed E-state index contributed by atoms with van der Waals surface area (Å²) in [6.45, 7) is 6.65. The van der Waals surface area contributed by atoms with Crippen LogP contribution in [0.15, 0.2) is 24.3 Å². The van der Waals surface area contributed by atoms with Crippen LogP contribution in [0, 0.1) is 17.8 Å². The molecule has 2 rings (SSSR count). The summed E-state index contributed by atoms with van der Waals surface area (Å²) in [5.74, 6) is 0.606. The van der Waals surface area contributed by atoms with E-state index in [2.05, 4.69) is 26.1 Å². The van der Waals surface area contributed by atoms with Crippen LogP contribution in [-0.2, 0) is 0 Å². The Morgan fingerprint density at radius 2 is 1.73 bits per heavy atom. The molecule has 1 aromatic carbocycles. The molecule has 0 saturated heterocycles. The highest BCUT2D eigenvalue weighted by atomic mass is 16.4. The summed E-state index contributed by atoms with van der Waals surface area (Å²) in [5, 5.41) is 12.1. The van der Waals surface area contributed by atoms with Crippen molar-refractivity contribution >= 4 is 11.9 Å². The Balaban J connectivity index is 2.07. The number of carbonyl (C=O) groups excluding carboxylic acids is 1. The van der Waals surface area contributed by atoms with E-state index in [-0.39, 0.29) is 17.5 Å². The zero-order valence-electron chi connectivity index (χ0n) is 13.5. The number of rotatable bonds is 4. The topological polar surface area (TPSA) is 66.4 Å². The van der Waals surface area contributed by atoms with E-state index < -0.39 is 5.97 Å². The molecule has 0 bridgehead atoms. The highest BCUT2D eigenvalue weighted by molar-refractivity contribution is 5.96. The molecule has 1 saturated carbocycles. The summed E-state index contributed by atoms with van der Waals surface area (Å²) >= 11 is 0. The van der Waals surface area contributed by atoms with Gasteiger partial charge in [-0.05, 0) is 54.9 Å². The smallest absolute Gasteiger partial charge is 0.335 e. The van der Waals surface area contributed by atoms with Crippen molar-refractivity contribution in [2.45, 2.75) is 46.1 Å². The van der Waals surface area contributed by atoms with Gasteiger partial charge in [0.2, 0.25) is 0 Å². The van der Waals surface area contributed by atoms with E-state index in [9.17, 15) is 9.59 Å². The second-order valence-corrected chi connectivity index (χ2v) is 6.79. The van der Waals surface area contributed by atoms with Gasteiger partial charge in [0.15, 0.2) is 0 Å². The SMILES string of the molecule is CC1CCC(C(C)C)C(NC(=O)c2ccc(C(=O)O)cc2)C1. The van der Waals surface area contributed by atoms with Gasteiger partial charge >= 0.3 is 5.97 Å². The van der Waals surface area contributed by atoms with Gasteiger partial charge in [-0.15, -0.1) is 0 Å². The number of benzene rings is 1. The van der Waals surface area contributed by atoms with Crippen LogP contribution in [0.4, 0.5) is 0 Å². The molecule has 22 heavy (non-hydrogen) atoms. The van der Waals surface area contributed by atoms with Crippen molar-refractivity contribution in [1.29, 1.82) is 0 Å². The number of amides is 1. The van der Waals surface area contributed by atoms with Gasteiger partial charge in [-0.1, -0.05) is 27.2 Å². The van der Waals surface area contributed by atoms with Gasteiger partial charge in [-0.25, -0.2) is 4.79 Å². The molecule has 1 amide bonds. The molecular weight excluding hydrogens is 278 g/mol. The van der Waals surface area contributed by atoms with Crippen LogP contribution in [0.3, 0.4) is 0 Å². The lowest BCUT2D eigenvalue weighted by Crippen LogP contribution is -2.45. The Kier molecular flexibility index (Phi) is 5.22. The fourth-order valence-corrected chi connectivity index (χ4v) is 3.38. The maximum atomic E-state index is 12.4. The minimum atomic E-state index is -0.979. The van der Waals surface area contributed by atoms with Gasteiger partial charge in [0.1, 0.15) is 0 Å². The number of aromatic carboxylic acids is 1. The molecule has 0 aromatic heterocycles. The third-order valence-corrected chi connectivity index (χ3v) is 4.73. The summed E-state index contributed by atoms with van der Waals surface area (Å²) in [5.41, 5.74) is 0.716. The lowest BCUT2D eigenvalue weighted by Gasteiger charge is -2.37. The molecule has 1 fully saturated rings. The Morgan fingerprint density at radius 3 is 2.27 bits per heavy atom. The average Bonchev–Trinajstić information content (AvgIpc) is 2.47. The van der Waals surface area contributed by atoms with E-state index in [0.717, 1.165) is 12.8 Å². The quantitative estimate of drug-likeness (QED) is 0.893. The molecule has 2 N–H and O–H groups in total. The molecule has 0 spiro atoms. The first-order chi connectivity index (χ1) is 10.4. The number of carbonyl (C=O) groups is 2. The minimum Gasteiger partial charge on any atom is -0.478 e. The lowest BCUT2D eigenvalue weighted by atomic mass is 9.74. The second kappa shape index (κ2) is 6.95. The fraction of sp³-hybridized carbons (Fsp3) is 0.556. The van der Waals surface area contributed by atoms with Crippen molar-refractivity contribution in [1.82, 2.24) is 5.32 Å². The van der Waals surface area contributed by atoms with E-state index in [1.807, 2.05) is 0 Å². The first-order valence-corrected chi connectivity index (χ1v) is 8.02. The summed E-state index contributed by atoms with van der Waals surface area (Å²) in [6, 6.07) is 6.31. The Hall–Kier alpha value is -1.84. The van der Waals surface area contributed by atoms with Crippen molar-refractivity contribution in [2.75, 3.05) is 0 Å². The summed E-state index contributed by atoms with van der Waals surface area (Å²) in [6.07, 6.45) is 3.39. The van der Waals surface area contributed by atoms with Crippen molar-refractivity contribution in [3.8, 4) is 0 Å². The van der Waals surface area contributed by atoms with Crippen molar-refractivity contribution in [3.63, 3.8) is 0 Å². The molecule has 4 nitrogen and oxygen atoms in total. The summed E-state index contributed by atoms with van der Waals surface area (Å²) in [4.78, 5) is 23.3. The Labute approximate surface area is 131 Å². The normalized spacial score (nSPS) is 25.0. The van der Waals surface area contributed by atoms with Crippen LogP contribution >= 0.6 is 0 Å². The number of hydrogen-bond acceptors (Lipinski definition) is 2. The van der Waals surface area contributed by atoms with E-state index in [1.54, 1.807) is 12.1 Å². The van der Waals surface area contributed by atoms with E-state index in [0.29, 0.717) is 23.3 Å². The number of nitrogens with one attached hydrogen (secondary N) is 1. The molecule has 1 aromatic rings.